The van der Waals surface area contributed by atoms with Crippen LogP contribution in [0.1, 0.15) is 0 Å². The lowest BCUT2D eigenvalue weighted by atomic mass is 10.1. The summed E-state index contributed by atoms with van der Waals surface area (Å²) in [5.41, 5.74) is 2.32. The van der Waals surface area contributed by atoms with Crippen LogP contribution in [0.15, 0.2) is 99.4 Å². The minimum absolute atomic E-state index is 0.0472. The van der Waals surface area contributed by atoms with Crippen molar-refractivity contribution in [3.63, 3.8) is 0 Å². The molecule has 6 nitrogen and oxygen atoms in total. The number of hydrogen-bond acceptors (Lipinski definition) is 7. The highest BCUT2D eigenvalue weighted by Crippen LogP contribution is 2.34. The molecule has 164 valence electrons. The number of phenolic OH excluding ortho intramolecular Hbond substituents is 1. The molecule has 0 bridgehead atoms. The number of aromatic nitrogens is 2. The third-order valence-corrected chi connectivity index (χ3v) is 8.17. The van der Waals surface area contributed by atoms with Crippen LogP contribution in [-0.2, 0) is 8.87 Å². The number of nitrogens with zero attached hydrogens (tertiary/aromatic N) is 2. The van der Waals surface area contributed by atoms with E-state index < -0.39 is 8.87 Å². The maximum Gasteiger partial charge on any atom is 0.237 e. The van der Waals surface area contributed by atoms with Gasteiger partial charge in [-0.3, -0.25) is 0 Å². The molecule has 9 heteroatoms. The largest absolute Gasteiger partial charge is 0.508 e. The van der Waals surface area contributed by atoms with Crippen molar-refractivity contribution < 1.29 is 17.9 Å². The number of fused-ring (bicyclic) bond motifs is 1. The molecule has 0 aliphatic carbocycles. The van der Waals surface area contributed by atoms with Gasteiger partial charge in [-0.05, 0) is 66.7 Å². The minimum atomic E-state index is -3.80. The SMILES string of the molecule is O=S(=O)(Sc1nc(-c2ccc(O)cc2)cc(-c2cc3ccccc3o2)n1)c1ccc(Cl)cc1. The van der Waals surface area contributed by atoms with E-state index in [-0.39, 0.29) is 15.8 Å². The van der Waals surface area contributed by atoms with Gasteiger partial charge in [-0.15, -0.1) is 0 Å². The normalized spacial score (nSPS) is 11.7. The van der Waals surface area contributed by atoms with E-state index in [4.69, 9.17) is 16.0 Å². The molecule has 0 aliphatic heterocycles. The standard InChI is InChI=1S/C24H15ClN2O4S2/c25-17-7-11-19(12-8-17)33(29,30)32-24-26-20(15-5-9-18(28)10-6-15)14-21(27-24)23-13-16-3-1-2-4-22(16)31-23/h1-14,28H. The molecule has 3 aromatic carbocycles. The molecular weight excluding hydrogens is 480 g/mol. The highest BCUT2D eigenvalue weighted by molar-refractivity contribution is 8.72. The van der Waals surface area contributed by atoms with Gasteiger partial charge < -0.3 is 9.52 Å². The van der Waals surface area contributed by atoms with Gasteiger partial charge in [0.2, 0.25) is 14.0 Å². The summed E-state index contributed by atoms with van der Waals surface area (Å²) in [5, 5.41) is 11.0. The van der Waals surface area contributed by atoms with Crippen LogP contribution in [0.2, 0.25) is 5.02 Å². The molecule has 33 heavy (non-hydrogen) atoms. The molecule has 1 N–H and O–H groups in total. The van der Waals surface area contributed by atoms with Gasteiger partial charge in [-0.2, -0.15) is 0 Å². The summed E-state index contributed by atoms with van der Waals surface area (Å²) in [4.78, 5) is 9.04. The molecular formula is C24H15ClN2O4S2. The van der Waals surface area contributed by atoms with Gasteiger partial charge >= 0.3 is 0 Å². The lowest BCUT2D eigenvalue weighted by molar-refractivity contribution is 0.475. The van der Waals surface area contributed by atoms with Crippen LogP contribution in [0.25, 0.3) is 33.7 Å². The Kier molecular flexibility index (Phi) is 5.57. The second-order valence-electron chi connectivity index (χ2n) is 7.11. The van der Waals surface area contributed by atoms with E-state index in [0.717, 1.165) is 5.39 Å². The molecule has 0 amide bonds. The van der Waals surface area contributed by atoms with Crippen molar-refractivity contribution >= 4 is 42.2 Å². The number of furan rings is 1. The minimum Gasteiger partial charge on any atom is -0.508 e. The first-order valence-electron chi connectivity index (χ1n) is 9.75. The Morgan fingerprint density at radius 2 is 1.55 bits per heavy atom. The van der Waals surface area contributed by atoms with E-state index in [1.165, 1.54) is 36.4 Å². The van der Waals surface area contributed by atoms with E-state index in [2.05, 4.69) is 9.97 Å². The summed E-state index contributed by atoms with van der Waals surface area (Å²) in [7, 11) is -3.25. The lowest BCUT2D eigenvalue weighted by Gasteiger charge is -2.08. The van der Waals surface area contributed by atoms with Crippen LogP contribution < -0.4 is 0 Å². The zero-order chi connectivity index (χ0) is 23.0. The molecule has 5 aromatic rings. The molecule has 5 rings (SSSR count). The Bertz CT molecular complexity index is 1530. The Balaban J connectivity index is 1.62. The molecule has 0 fully saturated rings. The fourth-order valence-corrected chi connectivity index (χ4v) is 5.82. The van der Waals surface area contributed by atoms with Crippen molar-refractivity contribution in [3.8, 4) is 28.5 Å². The van der Waals surface area contributed by atoms with Crippen molar-refractivity contribution in [1.29, 1.82) is 0 Å². The first kappa shape index (κ1) is 21.5. The average molecular weight is 495 g/mol. The number of halogens is 1. The topological polar surface area (TPSA) is 93.3 Å². The zero-order valence-electron chi connectivity index (χ0n) is 16.8. The molecule has 0 aliphatic rings. The highest BCUT2D eigenvalue weighted by atomic mass is 35.5. The molecule has 2 aromatic heterocycles. The van der Waals surface area contributed by atoms with Crippen molar-refractivity contribution in [1.82, 2.24) is 9.97 Å². The molecule has 0 atom stereocenters. The van der Waals surface area contributed by atoms with Gasteiger partial charge in [0.05, 0.1) is 21.4 Å². The fraction of sp³-hybridized carbons (Fsp3) is 0. The van der Waals surface area contributed by atoms with Crippen LogP contribution in [0.4, 0.5) is 0 Å². The van der Waals surface area contributed by atoms with Crippen molar-refractivity contribution in [2.75, 3.05) is 0 Å². The summed E-state index contributed by atoms with van der Waals surface area (Å²) in [6.45, 7) is 0. The van der Waals surface area contributed by atoms with Gasteiger partial charge in [-0.1, -0.05) is 29.8 Å². The number of hydrogen-bond donors (Lipinski definition) is 1. The van der Waals surface area contributed by atoms with Crippen molar-refractivity contribution in [2.24, 2.45) is 0 Å². The first-order chi connectivity index (χ1) is 15.9. The predicted octanol–water partition coefficient (Wildman–Crippen LogP) is 6.40. The van der Waals surface area contributed by atoms with Gasteiger partial charge in [0.25, 0.3) is 0 Å². The number of benzene rings is 3. The van der Waals surface area contributed by atoms with Crippen LogP contribution >= 0.6 is 22.4 Å². The van der Waals surface area contributed by atoms with E-state index in [1.807, 2.05) is 30.3 Å². The molecule has 0 saturated heterocycles. The van der Waals surface area contributed by atoms with E-state index in [9.17, 15) is 13.5 Å². The predicted molar refractivity (Wildman–Crippen MR) is 129 cm³/mol. The quantitative estimate of drug-likeness (QED) is 0.223. The summed E-state index contributed by atoms with van der Waals surface area (Å²) in [6, 6.07) is 23.5. The average Bonchev–Trinajstić information content (AvgIpc) is 3.24. The van der Waals surface area contributed by atoms with Gasteiger partial charge in [0.15, 0.2) is 5.76 Å². The van der Waals surface area contributed by atoms with Gasteiger partial charge in [-0.25, -0.2) is 18.4 Å². The summed E-state index contributed by atoms with van der Waals surface area (Å²) < 4.78 is 31.9. The maximum absolute atomic E-state index is 13.0. The highest BCUT2D eigenvalue weighted by Gasteiger charge is 2.21. The molecule has 0 radical (unpaired) electrons. The summed E-state index contributed by atoms with van der Waals surface area (Å²) >= 11 is 5.89. The van der Waals surface area contributed by atoms with Gasteiger partial charge in [0, 0.05) is 16.0 Å². The van der Waals surface area contributed by atoms with E-state index in [0.29, 0.717) is 44.1 Å². The number of rotatable bonds is 5. The monoisotopic (exact) mass is 494 g/mol. The smallest absolute Gasteiger partial charge is 0.237 e. The number of aromatic hydroxyl groups is 1. The summed E-state index contributed by atoms with van der Waals surface area (Å²) in [6.07, 6.45) is 0. The lowest BCUT2D eigenvalue weighted by Crippen LogP contribution is -2.00. The van der Waals surface area contributed by atoms with Crippen LogP contribution in [0, 0.1) is 0 Å². The van der Waals surface area contributed by atoms with Crippen LogP contribution in [0.5, 0.6) is 5.75 Å². The maximum atomic E-state index is 13.0. The third-order valence-electron chi connectivity index (χ3n) is 4.83. The van der Waals surface area contributed by atoms with Crippen molar-refractivity contribution in [3.05, 3.63) is 90.0 Å². The first-order valence-corrected chi connectivity index (χ1v) is 12.9. The third kappa shape index (κ3) is 4.59. The Morgan fingerprint density at radius 1 is 0.848 bits per heavy atom. The number of phenols is 1. The molecule has 0 saturated carbocycles. The van der Waals surface area contributed by atoms with Crippen LogP contribution in [0.3, 0.4) is 0 Å². The van der Waals surface area contributed by atoms with Crippen LogP contribution in [-0.4, -0.2) is 23.5 Å². The molecule has 0 unspecified atom stereocenters. The summed E-state index contributed by atoms with van der Waals surface area (Å²) in [5.74, 6) is 0.606. The Labute approximate surface area is 198 Å². The van der Waals surface area contributed by atoms with Crippen molar-refractivity contribution in [2.45, 2.75) is 10.1 Å². The molecule has 2 heterocycles. The number of para-hydroxylation sites is 1. The Morgan fingerprint density at radius 3 is 2.27 bits per heavy atom. The Hall–Kier alpha value is -3.33. The second-order valence-corrected chi connectivity index (χ2v) is 11.3. The van der Waals surface area contributed by atoms with E-state index >= 15 is 0 Å². The fourth-order valence-electron chi connectivity index (χ4n) is 3.22. The second kappa shape index (κ2) is 8.55. The molecule has 0 spiro atoms. The zero-order valence-corrected chi connectivity index (χ0v) is 19.2. The van der Waals surface area contributed by atoms with E-state index in [1.54, 1.807) is 18.2 Å². The van der Waals surface area contributed by atoms with Gasteiger partial charge in [0.1, 0.15) is 17.0 Å².